The first kappa shape index (κ1) is 17.0. The first-order chi connectivity index (χ1) is 12.1. The van der Waals surface area contributed by atoms with Crippen LogP contribution in [0.4, 0.5) is 22.1 Å². The van der Waals surface area contributed by atoms with Gasteiger partial charge in [0.05, 0.1) is 11.9 Å². The molecule has 0 aromatic carbocycles. The van der Waals surface area contributed by atoms with Gasteiger partial charge in [-0.1, -0.05) is 6.07 Å². The van der Waals surface area contributed by atoms with Crippen molar-refractivity contribution in [2.45, 2.75) is 19.9 Å². The largest absolute Gasteiger partial charge is 0.353 e. The van der Waals surface area contributed by atoms with Crippen LogP contribution < -0.4 is 20.4 Å². The van der Waals surface area contributed by atoms with Crippen molar-refractivity contribution in [3.8, 4) is 0 Å². The van der Waals surface area contributed by atoms with Crippen LogP contribution in [0.5, 0.6) is 0 Å². The van der Waals surface area contributed by atoms with E-state index in [-0.39, 0.29) is 12.1 Å². The molecule has 3 rings (SSSR count). The van der Waals surface area contributed by atoms with Gasteiger partial charge in [-0.3, -0.25) is 0 Å². The third-order valence-electron chi connectivity index (χ3n) is 4.00. The van der Waals surface area contributed by atoms with E-state index in [1.165, 1.54) is 0 Å². The second kappa shape index (κ2) is 7.83. The van der Waals surface area contributed by atoms with Crippen LogP contribution in [0.25, 0.3) is 0 Å². The maximum Gasteiger partial charge on any atom is 0.319 e. The number of hydrogen-bond acceptors (Lipinski definition) is 5. The van der Waals surface area contributed by atoms with Gasteiger partial charge in [0.1, 0.15) is 11.6 Å². The fourth-order valence-corrected chi connectivity index (χ4v) is 2.78. The summed E-state index contributed by atoms with van der Waals surface area (Å²) in [4.78, 5) is 25.1. The number of hydrogen-bond donors (Lipinski definition) is 2. The average Bonchev–Trinajstić information content (AvgIpc) is 2.62. The Morgan fingerprint density at radius 2 is 1.68 bits per heavy atom. The number of rotatable bonds is 4. The molecule has 1 saturated heterocycles. The number of carbonyl (C=O) groups is 1. The lowest BCUT2D eigenvalue weighted by Crippen LogP contribution is -2.47. The number of nitrogens with zero attached hydrogens (tertiary/aromatic N) is 4. The molecule has 2 aromatic rings. The van der Waals surface area contributed by atoms with E-state index in [4.69, 9.17) is 0 Å². The van der Waals surface area contributed by atoms with E-state index >= 15 is 0 Å². The fourth-order valence-electron chi connectivity index (χ4n) is 2.78. The highest BCUT2D eigenvalue weighted by atomic mass is 16.2. The second-order valence-electron chi connectivity index (χ2n) is 6.32. The summed E-state index contributed by atoms with van der Waals surface area (Å²) in [6.45, 7) is 7.45. The van der Waals surface area contributed by atoms with Crippen molar-refractivity contribution in [2.75, 3.05) is 41.3 Å². The smallest absolute Gasteiger partial charge is 0.319 e. The lowest BCUT2D eigenvalue weighted by atomic mass is 10.3. The molecule has 2 amide bonds. The van der Waals surface area contributed by atoms with E-state index < -0.39 is 0 Å². The van der Waals surface area contributed by atoms with Crippen molar-refractivity contribution in [1.82, 2.24) is 15.3 Å². The highest BCUT2D eigenvalue weighted by molar-refractivity contribution is 5.89. The minimum absolute atomic E-state index is 0.0997. The molecule has 7 heteroatoms. The van der Waals surface area contributed by atoms with E-state index in [0.717, 1.165) is 37.8 Å². The predicted molar refractivity (Wildman–Crippen MR) is 100 cm³/mol. The Balaban J connectivity index is 1.54. The van der Waals surface area contributed by atoms with Crippen LogP contribution in [0.2, 0.25) is 0 Å². The average molecular weight is 340 g/mol. The minimum Gasteiger partial charge on any atom is -0.353 e. The van der Waals surface area contributed by atoms with Crippen LogP contribution in [0.15, 0.2) is 42.7 Å². The van der Waals surface area contributed by atoms with Crippen molar-refractivity contribution in [2.24, 2.45) is 0 Å². The predicted octanol–water partition coefficient (Wildman–Crippen LogP) is 2.33. The van der Waals surface area contributed by atoms with Crippen LogP contribution in [0, 0.1) is 0 Å². The zero-order valence-corrected chi connectivity index (χ0v) is 14.6. The van der Waals surface area contributed by atoms with Gasteiger partial charge in [-0.25, -0.2) is 14.8 Å². The highest BCUT2D eigenvalue weighted by Crippen LogP contribution is 2.18. The number of urea groups is 1. The number of aromatic nitrogens is 2. The zero-order chi connectivity index (χ0) is 17.6. The van der Waals surface area contributed by atoms with Gasteiger partial charge in [0.25, 0.3) is 0 Å². The summed E-state index contributed by atoms with van der Waals surface area (Å²) in [6, 6.07) is 9.69. The maximum atomic E-state index is 11.7. The molecule has 0 saturated carbocycles. The molecule has 0 radical (unpaired) electrons. The molecule has 0 bridgehead atoms. The Bertz CT molecular complexity index is 680. The van der Waals surface area contributed by atoms with Gasteiger partial charge in [-0.2, -0.15) is 0 Å². The fraction of sp³-hybridized carbons (Fsp3) is 0.389. The van der Waals surface area contributed by atoms with Gasteiger partial charge < -0.3 is 20.4 Å². The zero-order valence-electron chi connectivity index (χ0n) is 14.6. The molecule has 0 atom stereocenters. The Hall–Kier alpha value is -2.83. The van der Waals surface area contributed by atoms with E-state index in [9.17, 15) is 4.79 Å². The van der Waals surface area contributed by atoms with E-state index in [0.29, 0.717) is 5.69 Å². The monoisotopic (exact) mass is 340 g/mol. The molecule has 1 aliphatic rings. The summed E-state index contributed by atoms with van der Waals surface area (Å²) in [5.41, 5.74) is 0.689. The van der Waals surface area contributed by atoms with Gasteiger partial charge in [0.2, 0.25) is 0 Å². The van der Waals surface area contributed by atoms with Crippen molar-refractivity contribution in [1.29, 1.82) is 0 Å². The number of amides is 2. The maximum absolute atomic E-state index is 11.7. The molecule has 2 N–H and O–H groups in total. The molecule has 2 aromatic heterocycles. The Morgan fingerprint density at radius 1 is 1.00 bits per heavy atom. The molecule has 25 heavy (non-hydrogen) atoms. The quantitative estimate of drug-likeness (QED) is 0.894. The van der Waals surface area contributed by atoms with Gasteiger partial charge in [0, 0.05) is 38.4 Å². The van der Waals surface area contributed by atoms with E-state index in [2.05, 4.69) is 30.4 Å². The number of carbonyl (C=O) groups excluding carboxylic acids is 1. The molecule has 0 unspecified atom stereocenters. The standard InChI is InChI=1S/C18H24N6O/c1-14(2)21-18(25)22-15-6-7-17(20-13-15)24-11-9-23(10-12-24)16-5-3-4-8-19-16/h3-8,13-14H,9-12H2,1-2H3,(H2,21,22,25). The summed E-state index contributed by atoms with van der Waals surface area (Å²) in [6.07, 6.45) is 3.52. The third-order valence-corrected chi connectivity index (χ3v) is 4.00. The molecule has 3 heterocycles. The van der Waals surface area contributed by atoms with Crippen molar-refractivity contribution < 1.29 is 4.79 Å². The van der Waals surface area contributed by atoms with Gasteiger partial charge in [0.15, 0.2) is 0 Å². The molecular weight excluding hydrogens is 316 g/mol. The van der Waals surface area contributed by atoms with Crippen molar-refractivity contribution in [3.05, 3.63) is 42.7 Å². The first-order valence-electron chi connectivity index (χ1n) is 8.56. The van der Waals surface area contributed by atoms with Crippen LogP contribution >= 0.6 is 0 Å². The molecular formula is C18H24N6O. The SMILES string of the molecule is CC(C)NC(=O)Nc1ccc(N2CCN(c3ccccn3)CC2)nc1. The summed E-state index contributed by atoms with van der Waals surface area (Å²) >= 11 is 0. The molecule has 7 nitrogen and oxygen atoms in total. The summed E-state index contributed by atoms with van der Waals surface area (Å²) in [7, 11) is 0. The molecule has 1 fully saturated rings. The van der Waals surface area contributed by atoms with Gasteiger partial charge in [-0.05, 0) is 38.1 Å². The first-order valence-corrected chi connectivity index (χ1v) is 8.56. The molecule has 0 spiro atoms. The minimum atomic E-state index is -0.214. The van der Waals surface area contributed by atoms with E-state index in [1.54, 1.807) is 6.20 Å². The van der Waals surface area contributed by atoms with E-state index in [1.807, 2.05) is 50.4 Å². The Kier molecular flexibility index (Phi) is 5.33. The lowest BCUT2D eigenvalue weighted by molar-refractivity contribution is 0.250. The van der Waals surface area contributed by atoms with Gasteiger partial charge in [-0.15, -0.1) is 0 Å². The second-order valence-corrected chi connectivity index (χ2v) is 6.32. The number of pyridine rings is 2. The van der Waals surface area contributed by atoms with Crippen molar-refractivity contribution >= 4 is 23.4 Å². The summed E-state index contributed by atoms with van der Waals surface area (Å²) < 4.78 is 0. The number of anilines is 3. The number of nitrogens with one attached hydrogen (secondary N) is 2. The molecule has 132 valence electrons. The van der Waals surface area contributed by atoms with Crippen molar-refractivity contribution in [3.63, 3.8) is 0 Å². The third kappa shape index (κ3) is 4.59. The van der Waals surface area contributed by atoms with Crippen LogP contribution in [-0.2, 0) is 0 Å². The summed E-state index contributed by atoms with van der Waals surface area (Å²) in [5, 5.41) is 5.57. The van der Waals surface area contributed by atoms with Crippen LogP contribution in [0.1, 0.15) is 13.8 Å². The van der Waals surface area contributed by atoms with Crippen LogP contribution in [0.3, 0.4) is 0 Å². The molecule has 0 aliphatic carbocycles. The highest BCUT2D eigenvalue weighted by Gasteiger charge is 2.18. The Morgan fingerprint density at radius 3 is 2.20 bits per heavy atom. The normalized spacial score (nSPS) is 14.5. The molecule has 1 aliphatic heterocycles. The topological polar surface area (TPSA) is 73.4 Å². The number of piperazine rings is 1. The van der Waals surface area contributed by atoms with Crippen LogP contribution in [-0.4, -0.2) is 48.2 Å². The Labute approximate surface area is 148 Å². The lowest BCUT2D eigenvalue weighted by Gasteiger charge is -2.36. The summed E-state index contributed by atoms with van der Waals surface area (Å²) in [5.74, 6) is 1.95. The van der Waals surface area contributed by atoms with Gasteiger partial charge >= 0.3 is 6.03 Å².